The van der Waals surface area contributed by atoms with Gasteiger partial charge in [-0.05, 0) is 5.56 Å². The van der Waals surface area contributed by atoms with E-state index in [0.717, 1.165) is 14.0 Å². The molecule has 0 fully saturated rings. The smallest absolute Gasteiger partial charge is 0.367 e. The Morgan fingerprint density at radius 1 is 1.33 bits per heavy atom. The number of ether oxygens (including phenoxy) is 1. The highest BCUT2D eigenvalue weighted by molar-refractivity contribution is 5.85. The lowest BCUT2D eigenvalue weighted by Gasteiger charge is -2.27. The van der Waals surface area contributed by atoms with Gasteiger partial charge in [0.2, 0.25) is 0 Å². The molecule has 0 aliphatic heterocycles. The largest absolute Gasteiger partial charge is 0.465 e. The average Bonchev–Trinajstić information content (AvgIpc) is 2.37. The van der Waals surface area contributed by atoms with Crippen LogP contribution in [0.25, 0.3) is 0 Å². The van der Waals surface area contributed by atoms with E-state index in [-0.39, 0.29) is 0 Å². The molecule has 1 amide bonds. The van der Waals surface area contributed by atoms with E-state index in [1.165, 1.54) is 12.1 Å². The summed E-state index contributed by atoms with van der Waals surface area (Å²) in [5.74, 6) is -5.81. The number of alkyl halides is 1. The first-order valence-electron chi connectivity index (χ1n) is 5.19. The average molecular weight is 257 g/mol. The van der Waals surface area contributed by atoms with Crippen LogP contribution in [0.2, 0.25) is 0 Å². The van der Waals surface area contributed by atoms with Gasteiger partial charge in [-0.15, -0.1) is 5.12 Å². The van der Waals surface area contributed by atoms with Crippen LogP contribution >= 0.6 is 0 Å². The molecule has 6 heteroatoms. The van der Waals surface area contributed by atoms with Gasteiger partial charge in [-0.2, -0.15) is 0 Å². The van der Waals surface area contributed by atoms with Crippen LogP contribution < -0.4 is 0 Å². The molecule has 0 radical (unpaired) electrons. The molecule has 0 aliphatic rings. The minimum absolute atomic E-state index is 0.370. The maximum atomic E-state index is 14.4. The van der Waals surface area contributed by atoms with E-state index in [1.807, 2.05) is 0 Å². The lowest BCUT2D eigenvalue weighted by molar-refractivity contribution is -0.203. The molecule has 0 aromatic heterocycles. The number of methoxy groups -OCH3 is 1. The topological polar surface area (TPSA) is 46.6 Å². The lowest BCUT2D eigenvalue weighted by Crippen LogP contribution is -2.51. The van der Waals surface area contributed by atoms with Crippen molar-refractivity contribution in [2.75, 3.05) is 7.11 Å². The molecule has 1 aromatic carbocycles. The van der Waals surface area contributed by atoms with E-state index in [2.05, 4.69) is 4.74 Å². The summed E-state index contributed by atoms with van der Waals surface area (Å²) in [4.78, 5) is 22.3. The van der Waals surface area contributed by atoms with Gasteiger partial charge < -0.3 is 4.74 Å². The molecule has 0 aliphatic carbocycles. The van der Waals surface area contributed by atoms with Gasteiger partial charge in [-0.3, -0.25) is 4.79 Å². The van der Waals surface area contributed by atoms with Crippen molar-refractivity contribution < 1.29 is 23.2 Å². The zero-order chi connectivity index (χ0) is 13.8. The third-order valence-corrected chi connectivity index (χ3v) is 2.37. The van der Waals surface area contributed by atoms with Gasteiger partial charge in [0.15, 0.2) is 0 Å². The Bertz CT molecular complexity index is 438. The molecule has 18 heavy (non-hydrogen) atoms. The molecule has 0 bridgehead atoms. The standard InChI is InChI=1S/C12H13F2NO3/c1-9(16)15(14)12(13,11(17)18-2)8-10-6-4-3-5-7-10/h3-7H,8H2,1-2H3/t12-/m0/s1. The van der Waals surface area contributed by atoms with Gasteiger partial charge in [0.05, 0.1) is 7.11 Å². The normalized spacial score (nSPS) is 13.6. The van der Waals surface area contributed by atoms with Crippen LogP contribution in [0, 0.1) is 0 Å². The Hall–Kier alpha value is -1.98. The summed E-state index contributed by atoms with van der Waals surface area (Å²) in [6.45, 7) is 0.822. The molecule has 0 saturated carbocycles. The summed E-state index contributed by atoms with van der Waals surface area (Å²) < 4.78 is 32.1. The summed E-state index contributed by atoms with van der Waals surface area (Å²) in [5, 5.41) is -0.744. The van der Waals surface area contributed by atoms with Crippen molar-refractivity contribution in [2.24, 2.45) is 0 Å². The van der Waals surface area contributed by atoms with Gasteiger partial charge in [0.25, 0.3) is 5.91 Å². The monoisotopic (exact) mass is 257 g/mol. The molecule has 4 nitrogen and oxygen atoms in total. The van der Waals surface area contributed by atoms with Crippen LogP contribution in [0.1, 0.15) is 12.5 Å². The number of benzene rings is 1. The van der Waals surface area contributed by atoms with E-state index >= 15 is 0 Å². The SMILES string of the molecule is COC(=O)[C@](F)(Cc1ccccc1)N(F)C(C)=O. The number of carbonyl (C=O) groups excluding carboxylic acids is 2. The van der Waals surface area contributed by atoms with Gasteiger partial charge in [0.1, 0.15) is 0 Å². The van der Waals surface area contributed by atoms with Crippen LogP contribution in [-0.2, 0) is 20.7 Å². The fourth-order valence-corrected chi connectivity index (χ4v) is 1.49. The number of halogens is 2. The molecule has 0 unspecified atom stereocenters. The second-order valence-electron chi connectivity index (χ2n) is 3.71. The van der Waals surface area contributed by atoms with Crippen molar-refractivity contribution in [1.82, 2.24) is 5.12 Å². The lowest BCUT2D eigenvalue weighted by atomic mass is 10.0. The molecule has 1 aromatic rings. The van der Waals surface area contributed by atoms with E-state index in [0.29, 0.717) is 5.56 Å². The summed E-state index contributed by atoms with van der Waals surface area (Å²) >= 11 is 0. The molecule has 1 rings (SSSR count). The minimum atomic E-state index is -3.15. The fourth-order valence-electron chi connectivity index (χ4n) is 1.49. The first-order chi connectivity index (χ1) is 8.41. The minimum Gasteiger partial charge on any atom is -0.465 e. The van der Waals surface area contributed by atoms with Gasteiger partial charge in [-0.1, -0.05) is 34.8 Å². The second-order valence-corrected chi connectivity index (χ2v) is 3.71. The highest BCUT2D eigenvalue weighted by atomic mass is 19.2. The summed E-state index contributed by atoms with van der Waals surface area (Å²) in [5.41, 5.74) is 0.370. The predicted molar refractivity (Wildman–Crippen MR) is 59.6 cm³/mol. The number of esters is 1. The van der Waals surface area contributed by atoms with Crippen LogP contribution in [0.15, 0.2) is 30.3 Å². The maximum absolute atomic E-state index is 14.4. The summed E-state index contributed by atoms with van der Waals surface area (Å²) in [6.07, 6.45) is -0.614. The third kappa shape index (κ3) is 2.82. The van der Waals surface area contributed by atoms with Crippen molar-refractivity contribution in [3.63, 3.8) is 0 Å². The zero-order valence-corrected chi connectivity index (χ0v) is 10.0. The van der Waals surface area contributed by atoms with Crippen LogP contribution in [0.4, 0.5) is 8.87 Å². The first-order valence-corrected chi connectivity index (χ1v) is 5.19. The van der Waals surface area contributed by atoms with Gasteiger partial charge in [-0.25, -0.2) is 9.18 Å². The molecule has 0 spiro atoms. The van der Waals surface area contributed by atoms with Crippen molar-refractivity contribution in [1.29, 1.82) is 0 Å². The first kappa shape index (κ1) is 14.1. The van der Waals surface area contributed by atoms with Crippen molar-refractivity contribution >= 4 is 11.9 Å². The Kier molecular flexibility index (Phi) is 4.36. The third-order valence-electron chi connectivity index (χ3n) is 2.37. The molecule has 0 saturated heterocycles. The Morgan fingerprint density at radius 2 is 1.89 bits per heavy atom. The predicted octanol–water partition coefficient (Wildman–Crippen LogP) is 1.80. The highest BCUT2D eigenvalue weighted by Crippen LogP contribution is 2.25. The quantitative estimate of drug-likeness (QED) is 0.469. The van der Waals surface area contributed by atoms with E-state index < -0.39 is 29.2 Å². The van der Waals surface area contributed by atoms with Gasteiger partial charge >= 0.3 is 11.8 Å². The molecule has 98 valence electrons. The molecular weight excluding hydrogens is 244 g/mol. The highest BCUT2D eigenvalue weighted by Gasteiger charge is 2.49. The van der Waals surface area contributed by atoms with Gasteiger partial charge in [0, 0.05) is 13.3 Å². The van der Waals surface area contributed by atoms with Crippen molar-refractivity contribution in [3.8, 4) is 0 Å². The Morgan fingerprint density at radius 3 is 2.33 bits per heavy atom. The number of hydrogen-bond acceptors (Lipinski definition) is 3. The number of carbonyl (C=O) groups is 2. The summed E-state index contributed by atoms with van der Waals surface area (Å²) in [6, 6.07) is 7.96. The van der Waals surface area contributed by atoms with Crippen molar-refractivity contribution in [2.45, 2.75) is 19.1 Å². The van der Waals surface area contributed by atoms with Crippen LogP contribution in [-0.4, -0.2) is 29.9 Å². The number of nitrogens with zero attached hydrogens (tertiary/aromatic N) is 1. The summed E-state index contributed by atoms with van der Waals surface area (Å²) in [7, 11) is 0.926. The Balaban J connectivity index is 3.06. The zero-order valence-electron chi connectivity index (χ0n) is 10.0. The molecular formula is C12H13F2NO3. The molecule has 0 heterocycles. The van der Waals surface area contributed by atoms with E-state index in [9.17, 15) is 18.5 Å². The van der Waals surface area contributed by atoms with Crippen molar-refractivity contribution in [3.05, 3.63) is 35.9 Å². The maximum Gasteiger partial charge on any atom is 0.367 e. The second kappa shape index (κ2) is 5.57. The fraction of sp³-hybridized carbons (Fsp3) is 0.333. The Labute approximate surface area is 103 Å². The molecule has 1 atom stereocenters. The number of amides is 1. The number of rotatable bonds is 4. The number of hydrogen-bond donors (Lipinski definition) is 0. The van der Waals surface area contributed by atoms with E-state index in [4.69, 9.17) is 0 Å². The van der Waals surface area contributed by atoms with E-state index in [1.54, 1.807) is 18.2 Å². The van der Waals surface area contributed by atoms with Crippen LogP contribution in [0.5, 0.6) is 0 Å². The van der Waals surface area contributed by atoms with Crippen LogP contribution in [0.3, 0.4) is 0 Å². The molecule has 0 N–H and O–H groups in total.